The highest BCUT2D eigenvalue weighted by atomic mass is 16.5. The summed E-state index contributed by atoms with van der Waals surface area (Å²) in [6.45, 7) is 5.17. The molecule has 0 aliphatic carbocycles. The lowest BCUT2D eigenvalue weighted by molar-refractivity contribution is -0.121. The number of aromatic nitrogens is 1. The summed E-state index contributed by atoms with van der Waals surface area (Å²) in [6.07, 6.45) is 3.73. The molecule has 1 aromatic carbocycles. The van der Waals surface area contributed by atoms with Gasteiger partial charge >= 0.3 is 0 Å². The Bertz CT molecular complexity index is 675. The molecule has 1 saturated heterocycles. The molecule has 126 valence electrons. The molecule has 1 atom stereocenters. The van der Waals surface area contributed by atoms with E-state index < -0.39 is 0 Å². The van der Waals surface area contributed by atoms with Gasteiger partial charge in [-0.2, -0.15) is 0 Å². The van der Waals surface area contributed by atoms with Crippen molar-refractivity contribution in [1.82, 2.24) is 9.88 Å². The van der Waals surface area contributed by atoms with Gasteiger partial charge in [0.1, 0.15) is 0 Å². The zero-order valence-corrected chi connectivity index (χ0v) is 13.9. The van der Waals surface area contributed by atoms with Crippen molar-refractivity contribution in [1.29, 1.82) is 0 Å². The average Bonchev–Trinajstić information content (AvgIpc) is 2.58. The van der Waals surface area contributed by atoms with Crippen molar-refractivity contribution in [2.24, 2.45) is 0 Å². The Balaban J connectivity index is 1.51. The number of pyridine rings is 1. The zero-order valence-electron chi connectivity index (χ0n) is 13.9. The smallest absolute Gasteiger partial charge is 0.227 e. The van der Waals surface area contributed by atoms with E-state index in [1.54, 1.807) is 12.4 Å². The number of aryl methyl sites for hydroxylation is 1. The summed E-state index contributed by atoms with van der Waals surface area (Å²) >= 11 is 0. The van der Waals surface area contributed by atoms with Crippen molar-refractivity contribution in [3.05, 3.63) is 59.9 Å². The van der Waals surface area contributed by atoms with E-state index in [4.69, 9.17) is 4.74 Å². The SMILES string of the molecule is Cc1cnccc1NC(=O)C[C@H]1CN(Cc2ccccc2)CCO1. The van der Waals surface area contributed by atoms with Crippen LogP contribution in [0, 0.1) is 6.92 Å². The molecule has 2 aromatic rings. The second-order valence-electron chi connectivity index (χ2n) is 6.16. The van der Waals surface area contributed by atoms with Crippen LogP contribution >= 0.6 is 0 Å². The molecule has 0 saturated carbocycles. The average molecular weight is 325 g/mol. The molecule has 1 aliphatic rings. The predicted molar refractivity (Wildman–Crippen MR) is 93.7 cm³/mol. The Morgan fingerprint density at radius 1 is 1.33 bits per heavy atom. The van der Waals surface area contributed by atoms with Gasteiger partial charge in [0.25, 0.3) is 0 Å². The number of morpholine rings is 1. The first-order chi connectivity index (χ1) is 11.7. The number of hydrogen-bond donors (Lipinski definition) is 1. The number of rotatable bonds is 5. The minimum absolute atomic E-state index is 0.0177. The Hall–Kier alpha value is -2.24. The number of ether oxygens (including phenoxy) is 1. The van der Waals surface area contributed by atoms with E-state index >= 15 is 0 Å². The summed E-state index contributed by atoms with van der Waals surface area (Å²) < 4.78 is 5.77. The summed E-state index contributed by atoms with van der Waals surface area (Å²) in [4.78, 5) is 18.6. The van der Waals surface area contributed by atoms with Crippen LogP contribution in [0.25, 0.3) is 0 Å². The van der Waals surface area contributed by atoms with Gasteiger partial charge in [-0.3, -0.25) is 14.7 Å². The van der Waals surface area contributed by atoms with E-state index in [1.165, 1.54) is 5.56 Å². The van der Waals surface area contributed by atoms with Crippen molar-refractivity contribution in [3.8, 4) is 0 Å². The van der Waals surface area contributed by atoms with E-state index in [2.05, 4.69) is 39.5 Å². The number of carbonyl (C=O) groups excluding carboxylic acids is 1. The van der Waals surface area contributed by atoms with E-state index in [1.807, 2.05) is 19.1 Å². The van der Waals surface area contributed by atoms with Crippen LogP contribution in [0.4, 0.5) is 5.69 Å². The molecule has 1 aliphatic heterocycles. The molecular weight excluding hydrogens is 302 g/mol. The van der Waals surface area contributed by atoms with E-state index in [-0.39, 0.29) is 12.0 Å². The summed E-state index contributed by atoms with van der Waals surface area (Å²) in [5.41, 5.74) is 3.06. The monoisotopic (exact) mass is 325 g/mol. The Morgan fingerprint density at radius 2 is 2.17 bits per heavy atom. The molecule has 0 radical (unpaired) electrons. The Morgan fingerprint density at radius 3 is 2.96 bits per heavy atom. The molecule has 1 aromatic heterocycles. The molecular formula is C19H23N3O2. The highest BCUT2D eigenvalue weighted by Gasteiger charge is 2.23. The highest BCUT2D eigenvalue weighted by Crippen LogP contribution is 2.15. The van der Waals surface area contributed by atoms with Crippen molar-refractivity contribution in [3.63, 3.8) is 0 Å². The van der Waals surface area contributed by atoms with Crippen molar-refractivity contribution >= 4 is 11.6 Å². The van der Waals surface area contributed by atoms with Gasteiger partial charge in [-0.25, -0.2) is 0 Å². The van der Waals surface area contributed by atoms with Gasteiger partial charge < -0.3 is 10.1 Å². The van der Waals surface area contributed by atoms with Gasteiger partial charge in [0.05, 0.1) is 19.1 Å². The third-order valence-electron chi connectivity index (χ3n) is 4.18. The van der Waals surface area contributed by atoms with Crippen LogP contribution in [0.5, 0.6) is 0 Å². The van der Waals surface area contributed by atoms with Crippen LogP contribution in [0.1, 0.15) is 17.5 Å². The Kier molecular flexibility index (Phi) is 5.56. The summed E-state index contributed by atoms with van der Waals surface area (Å²) in [5.74, 6) is -0.0177. The van der Waals surface area contributed by atoms with Crippen LogP contribution < -0.4 is 5.32 Å². The third kappa shape index (κ3) is 4.63. The number of benzene rings is 1. The van der Waals surface area contributed by atoms with Gasteiger partial charge in [0, 0.05) is 37.7 Å². The lowest BCUT2D eigenvalue weighted by Gasteiger charge is -2.32. The summed E-state index contributed by atoms with van der Waals surface area (Å²) in [7, 11) is 0. The van der Waals surface area contributed by atoms with Crippen LogP contribution in [0.2, 0.25) is 0 Å². The van der Waals surface area contributed by atoms with Crippen LogP contribution in [-0.4, -0.2) is 41.6 Å². The fraction of sp³-hybridized carbons (Fsp3) is 0.368. The molecule has 3 rings (SSSR count). The Labute approximate surface area is 142 Å². The molecule has 0 spiro atoms. The number of amides is 1. The van der Waals surface area contributed by atoms with Gasteiger partial charge in [0.15, 0.2) is 0 Å². The number of hydrogen-bond acceptors (Lipinski definition) is 4. The number of nitrogens with zero attached hydrogens (tertiary/aromatic N) is 2. The standard InChI is InChI=1S/C19H23N3O2/c1-15-12-20-8-7-18(15)21-19(23)11-17-14-22(9-10-24-17)13-16-5-3-2-4-6-16/h2-8,12,17H,9-11,13-14H2,1H3,(H,20,21,23)/t17-/m0/s1. The lowest BCUT2D eigenvalue weighted by atomic mass is 10.1. The number of carbonyl (C=O) groups is 1. The first-order valence-corrected chi connectivity index (χ1v) is 8.29. The lowest BCUT2D eigenvalue weighted by Crippen LogP contribution is -2.43. The highest BCUT2D eigenvalue weighted by molar-refractivity contribution is 5.91. The second kappa shape index (κ2) is 8.04. The molecule has 0 bridgehead atoms. The van der Waals surface area contributed by atoms with E-state index in [0.717, 1.165) is 30.9 Å². The minimum Gasteiger partial charge on any atom is -0.375 e. The first-order valence-electron chi connectivity index (χ1n) is 8.29. The van der Waals surface area contributed by atoms with Crippen molar-refractivity contribution in [2.45, 2.75) is 26.0 Å². The van der Waals surface area contributed by atoms with Crippen LogP contribution in [-0.2, 0) is 16.1 Å². The van der Waals surface area contributed by atoms with Gasteiger partial charge in [0.2, 0.25) is 5.91 Å². The maximum absolute atomic E-state index is 12.3. The summed E-state index contributed by atoms with van der Waals surface area (Å²) in [6, 6.07) is 12.2. The predicted octanol–water partition coefficient (Wildman–Crippen LogP) is 2.62. The molecule has 0 unspecified atom stereocenters. The third-order valence-corrected chi connectivity index (χ3v) is 4.18. The minimum atomic E-state index is -0.0652. The fourth-order valence-corrected chi connectivity index (χ4v) is 2.91. The molecule has 1 amide bonds. The van der Waals surface area contributed by atoms with Crippen LogP contribution in [0.15, 0.2) is 48.8 Å². The molecule has 1 N–H and O–H groups in total. The topological polar surface area (TPSA) is 54.5 Å². The largest absolute Gasteiger partial charge is 0.375 e. The van der Waals surface area contributed by atoms with Gasteiger partial charge in [-0.1, -0.05) is 30.3 Å². The maximum Gasteiger partial charge on any atom is 0.227 e. The fourth-order valence-electron chi connectivity index (χ4n) is 2.91. The molecule has 2 heterocycles. The number of anilines is 1. The van der Waals surface area contributed by atoms with Crippen LogP contribution in [0.3, 0.4) is 0 Å². The van der Waals surface area contributed by atoms with Gasteiger partial charge in [-0.05, 0) is 24.1 Å². The molecule has 5 nitrogen and oxygen atoms in total. The second-order valence-corrected chi connectivity index (χ2v) is 6.16. The summed E-state index contributed by atoms with van der Waals surface area (Å²) in [5, 5.41) is 2.94. The molecule has 24 heavy (non-hydrogen) atoms. The zero-order chi connectivity index (χ0) is 16.8. The van der Waals surface area contributed by atoms with Crippen molar-refractivity contribution < 1.29 is 9.53 Å². The van der Waals surface area contributed by atoms with Crippen molar-refractivity contribution in [2.75, 3.05) is 25.0 Å². The molecule has 5 heteroatoms. The quantitative estimate of drug-likeness (QED) is 0.918. The first kappa shape index (κ1) is 16.6. The molecule has 1 fully saturated rings. The van der Waals surface area contributed by atoms with E-state index in [0.29, 0.717) is 13.0 Å². The van der Waals surface area contributed by atoms with E-state index in [9.17, 15) is 4.79 Å². The number of nitrogens with one attached hydrogen (secondary N) is 1. The maximum atomic E-state index is 12.3. The van der Waals surface area contributed by atoms with Gasteiger partial charge in [-0.15, -0.1) is 0 Å². The normalized spacial score (nSPS) is 18.3.